The molecule has 2 aliphatic rings. The topological polar surface area (TPSA) is 73.1 Å². The molecular formula is C20H25F3N4O2. The zero-order valence-corrected chi connectivity index (χ0v) is 16.5. The summed E-state index contributed by atoms with van der Waals surface area (Å²) in [5.41, 5.74) is 0.743. The van der Waals surface area contributed by atoms with Crippen molar-refractivity contribution in [3.8, 4) is 5.75 Å². The van der Waals surface area contributed by atoms with Crippen LogP contribution in [0.5, 0.6) is 5.75 Å². The van der Waals surface area contributed by atoms with Crippen LogP contribution in [0.15, 0.2) is 16.8 Å². The zero-order chi connectivity index (χ0) is 20.6. The Labute approximate surface area is 167 Å². The molecule has 0 amide bonds. The van der Waals surface area contributed by atoms with Gasteiger partial charge in [0.2, 0.25) is 5.89 Å². The summed E-state index contributed by atoms with van der Waals surface area (Å²) in [5, 5.41) is 7.29. The van der Waals surface area contributed by atoms with Gasteiger partial charge in [0.05, 0.1) is 6.04 Å². The Kier molecular flexibility index (Phi) is 5.40. The van der Waals surface area contributed by atoms with E-state index >= 15 is 0 Å². The van der Waals surface area contributed by atoms with Gasteiger partial charge in [-0.2, -0.15) is 18.2 Å². The highest BCUT2D eigenvalue weighted by Crippen LogP contribution is 2.43. The molecule has 158 valence electrons. The van der Waals surface area contributed by atoms with E-state index in [9.17, 15) is 13.2 Å². The summed E-state index contributed by atoms with van der Waals surface area (Å²) in [6.45, 7) is 2.75. The number of hydrogen-bond donors (Lipinski definition) is 1. The van der Waals surface area contributed by atoms with Crippen LogP contribution in [0.25, 0.3) is 0 Å². The van der Waals surface area contributed by atoms with Crippen molar-refractivity contribution in [2.45, 2.75) is 76.6 Å². The van der Waals surface area contributed by atoms with Crippen LogP contribution >= 0.6 is 0 Å². The third-order valence-electron chi connectivity index (χ3n) is 5.65. The molecule has 2 aromatic rings. The minimum absolute atomic E-state index is 0.203. The maximum absolute atomic E-state index is 13.1. The van der Waals surface area contributed by atoms with Crippen molar-refractivity contribution in [3.05, 3.63) is 29.5 Å². The van der Waals surface area contributed by atoms with Gasteiger partial charge in [0.25, 0.3) is 0 Å². The zero-order valence-electron chi connectivity index (χ0n) is 16.5. The molecule has 0 bridgehead atoms. The van der Waals surface area contributed by atoms with Crippen LogP contribution in [-0.2, 0) is 0 Å². The lowest BCUT2D eigenvalue weighted by atomic mass is 9.80. The first kappa shape index (κ1) is 20.0. The Morgan fingerprint density at radius 2 is 2.03 bits per heavy atom. The van der Waals surface area contributed by atoms with E-state index in [-0.39, 0.29) is 17.7 Å². The van der Waals surface area contributed by atoms with Gasteiger partial charge in [-0.3, -0.25) is 0 Å². The van der Waals surface area contributed by atoms with Gasteiger partial charge in [-0.15, -0.1) is 0 Å². The first-order valence-electron chi connectivity index (χ1n) is 10.1. The summed E-state index contributed by atoms with van der Waals surface area (Å²) in [6.07, 6.45) is 1.40. The molecule has 29 heavy (non-hydrogen) atoms. The second-order valence-corrected chi connectivity index (χ2v) is 8.08. The SMILES string of the molecule is Cc1nc(C(CC2CC2)Nc2cc(O[C@@H](C)C(F)(F)F)c(C3CCC3)cn2)no1. The number of ether oxygens (including phenoxy) is 1. The number of nitrogens with zero attached hydrogens (tertiary/aromatic N) is 3. The number of halogens is 3. The van der Waals surface area contributed by atoms with Crippen LogP contribution in [0.3, 0.4) is 0 Å². The van der Waals surface area contributed by atoms with E-state index in [0.29, 0.717) is 23.5 Å². The standard InChI is InChI=1S/C20H25F3N4O2/c1-11(20(21,22)23)28-17-9-18(24-10-15(17)14-4-3-5-14)26-16(8-13-6-7-13)19-25-12(2)29-27-19/h9-11,13-14,16H,3-8H2,1-2H3,(H,24,26)/t11-,16?/m0/s1. The van der Waals surface area contributed by atoms with Crippen molar-refractivity contribution in [1.82, 2.24) is 15.1 Å². The van der Waals surface area contributed by atoms with Crippen LogP contribution in [-0.4, -0.2) is 27.4 Å². The van der Waals surface area contributed by atoms with Gasteiger partial charge in [0, 0.05) is 24.8 Å². The predicted octanol–water partition coefficient (Wildman–Crippen LogP) is 5.32. The number of alkyl halides is 3. The molecule has 1 unspecified atom stereocenters. The van der Waals surface area contributed by atoms with Crippen molar-refractivity contribution >= 4 is 5.82 Å². The van der Waals surface area contributed by atoms with Crippen molar-refractivity contribution in [3.63, 3.8) is 0 Å². The molecule has 0 aromatic carbocycles. The van der Waals surface area contributed by atoms with Gasteiger partial charge < -0.3 is 14.6 Å². The lowest BCUT2D eigenvalue weighted by molar-refractivity contribution is -0.189. The van der Waals surface area contributed by atoms with Crippen molar-refractivity contribution in [1.29, 1.82) is 0 Å². The predicted molar refractivity (Wildman–Crippen MR) is 99.7 cm³/mol. The average Bonchev–Trinajstić information content (AvgIpc) is 3.32. The Morgan fingerprint density at radius 3 is 2.59 bits per heavy atom. The minimum atomic E-state index is -4.43. The summed E-state index contributed by atoms with van der Waals surface area (Å²) >= 11 is 0. The van der Waals surface area contributed by atoms with E-state index in [2.05, 4.69) is 20.4 Å². The molecule has 2 aromatic heterocycles. The quantitative estimate of drug-likeness (QED) is 0.635. The lowest BCUT2D eigenvalue weighted by Gasteiger charge is -2.29. The Bertz CT molecular complexity index is 846. The van der Waals surface area contributed by atoms with Crippen molar-refractivity contribution in [2.24, 2.45) is 5.92 Å². The lowest BCUT2D eigenvalue weighted by Crippen LogP contribution is -2.31. The molecule has 2 atom stereocenters. The number of rotatable bonds is 8. The average molecular weight is 410 g/mol. The van der Waals surface area contributed by atoms with E-state index in [1.54, 1.807) is 19.2 Å². The fourth-order valence-corrected chi connectivity index (χ4v) is 3.46. The van der Waals surface area contributed by atoms with E-state index in [0.717, 1.165) is 51.0 Å². The molecule has 0 spiro atoms. The molecule has 0 aliphatic heterocycles. The van der Waals surface area contributed by atoms with Gasteiger partial charge in [0.1, 0.15) is 11.6 Å². The van der Waals surface area contributed by atoms with E-state index < -0.39 is 12.3 Å². The number of aryl methyl sites for hydroxylation is 1. The normalized spacial score (nSPS) is 19.5. The summed E-state index contributed by atoms with van der Waals surface area (Å²) in [6, 6.07) is 1.36. The Morgan fingerprint density at radius 1 is 1.28 bits per heavy atom. The van der Waals surface area contributed by atoms with Gasteiger partial charge in [-0.1, -0.05) is 24.4 Å². The molecule has 2 heterocycles. The van der Waals surface area contributed by atoms with E-state index in [1.807, 2.05) is 0 Å². The van der Waals surface area contributed by atoms with Crippen LogP contribution in [0, 0.1) is 12.8 Å². The molecule has 2 aliphatic carbocycles. The van der Waals surface area contributed by atoms with Gasteiger partial charge in [-0.25, -0.2) is 4.98 Å². The second kappa shape index (κ2) is 7.84. The third kappa shape index (κ3) is 4.82. The van der Waals surface area contributed by atoms with Crippen LogP contribution in [0.2, 0.25) is 0 Å². The maximum Gasteiger partial charge on any atom is 0.425 e. The first-order valence-corrected chi connectivity index (χ1v) is 10.1. The van der Waals surface area contributed by atoms with Crippen LogP contribution < -0.4 is 10.1 Å². The van der Waals surface area contributed by atoms with Crippen LogP contribution in [0.4, 0.5) is 19.0 Å². The molecule has 2 fully saturated rings. The fourth-order valence-electron chi connectivity index (χ4n) is 3.46. The number of pyridine rings is 1. The number of nitrogens with one attached hydrogen (secondary N) is 1. The summed E-state index contributed by atoms with van der Waals surface area (Å²) < 4.78 is 49.6. The van der Waals surface area contributed by atoms with Gasteiger partial charge in [0.15, 0.2) is 11.9 Å². The molecule has 6 nitrogen and oxygen atoms in total. The fraction of sp³-hybridized carbons (Fsp3) is 0.650. The summed E-state index contributed by atoms with van der Waals surface area (Å²) in [7, 11) is 0. The second-order valence-electron chi connectivity index (χ2n) is 8.08. The third-order valence-corrected chi connectivity index (χ3v) is 5.65. The molecule has 0 radical (unpaired) electrons. The smallest absolute Gasteiger partial charge is 0.425 e. The maximum atomic E-state index is 13.1. The number of hydrogen-bond acceptors (Lipinski definition) is 6. The molecule has 9 heteroatoms. The number of anilines is 1. The van der Waals surface area contributed by atoms with Gasteiger partial charge >= 0.3 is 6.18 Å². The Hall–Kier alpha value is -2.32. The molecule has 0 saturated heterocycles. The first-order chi connectivity index (χ1) is 13.8. The van der Waals surface area contributed by atoms with Crippen molar-refractivity contribution < 1.29 is 22.4 Å². The molecule has 1 N–H and O–H groups in total. The highest BCUT2D eigenvalue weighted by atomic mass is 19.4. The minimum Gasteiger partial charge on any atom is -0.481 e. The monoisotopic (exact) mass is 410 g/mol. The summed E-state index contributed by atoms with van der Waals surface area (Å²) in [4.78, 5) is 8.76. The van der Waals surface area contributed by atoms with Gasteiger partial charge in [-0.05, 0) is 38.0 Å². The summed E-state index contributed by atoms with van der Waals surface area (Å²) in [5.74, 6) is 2.48. The molecule has 2 saturated carbocycles. The highest BCUT2D eigenvalue weighted by Gasteiger charge is 2.39. The van der Waals surface area contributed by atoms with E-state index in [4.69, 9.17) is 9.26 Å². The number of aromatic nitrogens is 3. The van der Waals surface area contributed by atoms with E-state index in [1.165, 1.54) is 0 Å². The largest absolute Gasteiger partial charge is 0.481 e. The van der Waals surface area contributed by atoms with Crippen molar-refractivity contribution in [2.75, 3.05) is 5.32 Å². The molecular weight excluding hydrogens is 385 g/mol. The molecule has 4 rings (SSSR count). The highest BCUT2D eigenvalue weighted by molar-refractivity contribution is 5.48. The van der Waals surface area contributed by atoms with Crippen LogP contribution in [0.1, 0.15) is 74.7 Å². The Balaban J connectivity index is 1.57.